The van der Waals surface area contributed by atoms with Gasteiger partial charge < -0.3 is 20.3 Å². The Morgan fingerprint density at radius 2 is 2.20 bits per heavy atom. The van der Waals surface area contributed by atoms with Gasteiger partial charge in [0, 0.05) is 13.1 Å². The molecule has 1 fully saturated rings. The number of amides is 2. The van der Waals surface area contributed by atoms with Crippen LogP contribution >= 0.6 is 0 Å². The van der Waals surface area contributed by atoms with E-state index in [-0.39, 0.29) is 29.7 Å². The van der Waals surface area contributed by atoms with Gasteiger partial charge in [0.25, 0.3) is 5.56 Å². The smallest absolute Gasteiger partial charge is 0.317 e. The molecule has 7 nitrogen and oxygen atoms in total. The lowest BCUT2D eigenvalue weighted by molar-refractivity contribution is 0.121. The van der Waals surface area contributed by atoms with Crippen molar-refractivity contribution in [2.45, 2.75) is 39.3 Å². The summed E-state index contributed by atoms with van der Waals surface area (Å²) in [6, 6.07) is 6.89. The number of carbonyl (C=O) groups excluding carboxylic acids is 1. The molecule has 1 aliphatic heterocycles. The Balaban J connectivity index is 1.69. The minimum Gasteiger partial charge on any atom is -0.393 e. The maximum absolute atomic E-state index is 12.5. The summed E-state index contributed by atoms with van der Waals surface area (Å²) >= 11 is 0. The number of aliphatic hydroxyl groups excluding tert-OH is 1. The third-order valence-corrected chi connectivity index (χ3v) is 4.50. The first-order valence-corrected chi connectivity index (χ1v) is 8.53. The zero-order valence-corrected chi connectivity index (χ0v) is 14.6. The number of carbonyl (C=O) groups is 1. The summed E-state index contributed by atoms with van der Waals surface area (Å²) in [5, 5.41) is 13.3. The van der Waals surface area contributed by atoms with Gasteiger partial charge in [-0.2, -0.15) is 0 Å². The molecule has 0 aliphatic carbocycles. The highest BCUT2D eigenvalue weighted by atomic mass is 16.3. The average molecular weight is 344 g/mol. The van der Waals surface area contributed by atoms with Crippen molar-refractivity contribution in [3.8, 4) is 0 Å². The highest BCUT2D eigenvalue weighted by Gasteiger charge is 2.31. The summed E-state index contributed by atoms with van der Waals surface area (Å²) in [5.41, 5.74) is 0.256. The molecule has 3 rings (SSSR count). The van der Waals surface area contributed by atoms with Crippen molar-refractivity contribution in [1.82, 2.24) is 20.2 Å². The lowest BCUT2D eigenvalue weighted by Gasteiger charge is -2.29. The first kappa shape index (κ1) is 17.4. The highest BCUT2D eigenvalue weighted by molar-refractivity contribution is 5.77. The molecule has 3 N–H and O–H groups in total. The fourth-order valence-corrected chi connectivity index (χ4v) is 3.37. The Morgan fingerprint density at radius 1 is 1.44 bits per heavy atom. The second-order valence-corrected chi connectivity index (χ2v) is 7.42. The van der Waals surface area contributed by atoms with E-state index in [2.05, 4.69) is 15.3 Å². The third-order valence-electron chi connectivity index (χ3n) is 4.50. The molecule has 1 aromatic carbocycles. The zero-order chi connectivity index (χ0) is 18.0. The number of urea groups is 1. The standard InChI is InChI=1S/C18H24N4O3/c1-18(2)9-12(23)7-8-22(11-18)17(25)19-10-15-20-14-6-4-3-5-13(14)16(24)21-15/h3-6,12,23H,7-11H2,1-2H3,(H,19,25)(H,20,21,24)/t12-/m0/s1. The van der Waals surface area contributed by atoms with Crippen molar-refractivity contribution in [1.29, 1.82) is 0 Å². The van der Waals surface area contributed by atoms with Crippen LogP contribution in [-0.4, -0.2) is 45.2 Å². The Morgan fingerprint density at radius 3 is 3.00 bits per heavy atom. The van der Waals surface area contributed by atoms with Crippen LogP contribution in [0, 0.1) is 5.41 Å². The maximum atomic E-state index is 12.5. The van der Waals surface area contributed by atoms with Crippen LogP contribution in [0.1, 0.15) is 32.5 Å². The average Bonchev–Trinajstić information content (AvgIpc) is 2.69. The molecule has 1 aromatic heterocycles. The SMILES string of the molecule is CC1(C)C[C@@H](O)CCN(C(=O)NCc2nc3ccccc3c(=O)[nH]2)C1. The van der Waals surface area contributed by atoms with Crippen molar-refractivity contribution in [3.05, 3.63) is 40.4 Å². The molecule has 1 aliphatic rings. The van der Waals surface area contributed by atoms with E-state index in [0.717, 1.165) is 0 Å². The van der Waals surface area contributed by atoms with Crippen molar-refractivity contribution in [2.75, 3.05) is 13.1 Å². The van der Waals surface area contributed by atoms with Gasteiger partial charge in [-0.15, -0.1) is 0 Å². The number of aliphatic hydroxyl groups is 1. The van der Waals surface area contributed by atoms with Gasteiger partial charge in [-0.25, -0.2) is 9.78 Å². The quantitative estimate of drug-likeness (QED) is 0.771. The van der Waals surface area contributed by atoms with Gasteiger partial charge in [0.05, 0.1) is 23.6 Å². The molecule has 1 saturated heterocycles. The molecule has 0 bridgehead atoms. The van der Waals surface area contributed by atoms with Crippen molar-refractivity contribution >= 4 is 16.9 Å². The predicted octanol–water partition coefficient (Wildman–Crippen LogP) is 1.62. The number of rotatable bonds is 2. The summed E-state index contributed by atoms with van der Waals surface area (Å²) in [6.45, 7) is 5.34. The molecular weight excluding hydrogens is 320 g/mol. The van der Waals surface area contributed by atoms with E-state index in [1.54, 1.807) is 23.1 Å². The van der Waals surface area contributed by atoms with Crippen LogP contribution in [0.2, 0.25) is 0 Å². The van der Waals surface area contributed by atoms with E-state index in [1.165, 1.54) is 0 Å². The number of likely N-dealkylation sites (tertiary alicyclic amines) is 1. The molecule has 0 spiro atoms. The van der Waals surface area contributed by atoms with Crippen LogP contribution in [0.25, 0.3) is 10.9 Å². The molecule has 0 unspecified atom stereocenters. The number of hydrogen-bond donors (Lipinski definition) is 3. The first-order valence-electron chi connectivity index (χ1n) is 8.53. The van der Waals surface area contributed by atoms with Gasteiger partial charge in [-0.05, 0) is 30.4 Å². The largest absolute Gasteiger partial charge is 0.393 e. The van der Waals surface area contributed by atoms with E-state index in [4.69, 9.17) is 0 Å². The minimum absolute atomic E-state index is 0.136. The lowest BCUT2D eigenvalue weighted by atomic mass is 9.87. The normalized spacial score (nSPS) is 20.3. The number of fused-ring (bicyclic) bond motifs is 1. The number of aromatic amines is 1. The number of nitrogens with zero attached hydrogens (tertiary/aromatic N) is 2. The minimum atomic E-state index is -0.383. The molecule has 134 valence electrons. The zero-order valence-electron chi connectivity index (χ0n) is 14.6. The number of H-pyrrole nitrogens is 1. The highest BCUT2D eigenvalue weighted by Crippen LogP contribution is 2.28. The number of para-hydroxylation sites is 1. The van der Waals surface area contributed by atoms with Gasteiger partial charge in [-0.3, -0.25) is 4.79 Å². The van der Waals surface area contributed by atoms with Gasteiger partial charge in [0.2, 0.25) is 0 Å². The topological polar surface area (TPSA) is 98.3 Å². The van der Waals surface area contributed by atoms with Crippen LogP contribution in [-0.2, 0) is 6.54 Å². The Bertz CT molecular complexity index is 830. The number of aromatic nitrogens is 2. The second-order valence-electron chi connectivity index (χ2n) is 7.42. The van der Waals surface area contributed by atoms with Crippen LogP contribution in [0.5, 0.6) is 0 Å². The molecule has 0 saturated carbocycles. The summed E-state index contributed by atoms with van der Waals surface area (Å²) in [5.74, 6) is 0.422. The van der Waals surface area contributed by atoms with Gasteiger partial charge in [0.1, 0.15) is 5.82 Å². The van der Waals surface area contributed by atoms with Crippen molar-refractivity contribution in [3.63, 3.8) is 0 Å². The van der Waals surface area contributed by atoms with E-state index in [9.17, 15) is 14.7 Å². The molecule has 2 heterocycles. The number of benzene rings is 1. The van der Waals surface area contributed by atoms with Crippen molar-refractivity contribution in [2.24, 2.45) is 5.41 Å². The van der Waals surface area contributed by atoms with Gasteiger partial charge >= 0.3 is 6.03 Å². The predicted molar refractivity (Wildman–Crippen MR) is 95.2 cm³/mol. The van der Waals surface area contributed by atoms with Gasteiger partial charge in [-0.1, -0.05) is 26.0 Å². The van der Waals surface area contributed by atoms with Gasteiger partial charge in [0.15, 0.2) is 0 Å². The maximum Gasteiger partial charge on any atom is 0.317 e. The third kappa shape index (κ3) is 4.17. The molecule has 7 heteroatoms. The van der Waals surface area contributed by atoms with E-state index < -0.39 is 0 Å². The summed E-state index contributed by atoms with van der Waals surface area (Å²) in [4.78, 5) is 33.4. The fraction of sp³-hybridized carbons (Fsp3) is 0.500. The molecule has 2 aromatic rings. The van der Waals surface area contributed by atoms with E-state index >= 15 is 0 Å². The van der Waals surface area contributed by atoms with E-state index in [0.29, 0.717) is 42.7 Å². The summed E-state index contributed by atoms with van der Waals surface area (Å²) < 4.78 is 0. The Labute approximate surface area is 146 Å². The van der Waals surface area contributed by atoms with Crippen LogP contribution in [0.4, 0.5) is 4.79 Å². The number of hydrogen-bond acceptors (Lipinski definition) is 4. The van der Waals surface area contributed by atoms with Crippen LogP contribution in [0.15, 0.2) is 29.1 Å². The monoisotopic (exact) mass is 344 g/mol. The first-order chi connectivity index (χ1) is 11.8. The summed E-state index contributed by atoms with van der Waals surface area (Å²) in [6.07, 6.45) is 0.865. The van der Waals surface area contributed by atoms with Crippen molar-refractivity contribution < 1.29 is 9.90 Å². The fourth-order valence-electron chi connectivity index (χ4n) is 3.37. The Kier molecular flexibility index (Phi) is 4.76. The molecular formula is C18H24N4O3. The lowest BCUT2D eigenvalue weighted by Crippen LogP contribution is -2.43. The van der Waals surface area contributed by atoms with E-state index in [1.807, 2.05) is 19.9 Å². The number of nitrogens with one attached hydrogen (secondary N) is 2. The Hall–Kier alpha value is -2.41. The van der Waals surface area contributed by atoms with Crippen LogP contribution in [0.3, 0.4) is 0 Å². The molecule has 2 amide bonds. The van der Waals surface area contributed by atoms with Crippen LogP contribution < -0.4 is 10.9 Å². The molecule has 1 atom stereocenters. The molecule has 0 radical (unpaired) electrons. The summed E-state index contributed by atoms with van der Waals surface area (Å²) in [7, 11) is 0. The second kappa shape index (κ2) is 6.84. The molecule has 25 heavy (non-hydrogen) atoms.